The molecular formula is C25H30N2O3. The molecule has 0 aliphatic carbocycles. The minimum atomic E-state index is -0.0861. The van der Waals surface area contributed by atoms with E-state index in [4.69, 9.17) is 4.74 Å². The first kappa shape index (κ1) is 21.6. The van der Waals surface area contributed by atoms with Gasteiger partial charge in [-0.3, -0.25) is 9.59 Å². The number of piperidine rings is 1. The van der Waals surface area contributed by atoms with Gasteiger partial charge in [0.05, 0.1) is 6.61 Å². The Labute approximate surface area is 178 Å². The maximum Gasteiger partial charge on any atom is 0.244 e. The summed E-state index contributed by atoms with van der Waals surface area (Å²) >= 11 is 0. The highest BCUT2D eigenvalue weighted by atomic mass is 16.5. The number of nitrogens with one attached hydrogen (secondary N) is 1. The molecule has 0 atom stereocenters. The van der Waals surface area contributed by atoms with Crippen molar-refractivity contribution in [3.8, 4) is 5.75 Å². The summed E-state index contributed by atoms with van der Waals surface area (Å²) < 4.78 is 5.77. The molecule has 1 aliphatic rings. The van der Waals surface area contributed by atoms with Gasteiger partial charge in [0.25, 0.3) is 0 Å². The van der Waals surface area contributed by atoms with Gasteiger partial charge in [-0.25, -0.2) is 0 Å². The number of rotatable bonds is 8. The van der Waals surface area contributed by atoms with Gasteiger partial charge in [-0.1, -0.05) is 48.5 Å². The van der Waals surface area contributed by atoms with Crippen LogP contribution in [0.3, 0.4) is 0 Å². The van der Waals surface area contributed by atoms with Crippen molar-refractivity contribution >= 4 is 17.9 Å². The summed E-state index contributed by atoms with van der Waals surface area (Å²) in [5.41, 5.74) is 2.10. The van der Waals surface area contributed by atoms with Gasteiger partial charge in [0, 0.05) is 31.6 Å². The number of likely N-dealkylation sites (tertiary alicyclic amines) is 1. The molecule has 0 unspecified atom stereocenters. The molecule has 1 N–H and O–H groups in total. The molecule has 2 aromatic carbocycles. The Morgan fingerprint density at radius 3 is 2.50 bits per heavy atom. The maximum atomic E-state index is 12.4. The van der Waals surface area contributed by atoms with E-state index in [2.05, 4.69) is 5.32 Å². The second kappa shape index (κ2) is 11.2. The van der Waals surface area contributed by atoms with Crippen molar-refractivity contribution in [2.75, 3.05) is 19.7 Å². The lowest BCUT2D eigenvalue weighted by molar-refractivity contribution is -0.132. The molecule has 5 heteroatoms. The van der Waals surface area contributed by atoms with E-state index in [9.17, 15) is 9.59 Å². The molecular weight excluding hydrogens is 376 g/mol. The van der Waals surface area contributed by atoms with E-state index in [1.165, 1.54) is 0 Å². The molecule has 2 amide bonds. The summed E-state index contributed by atoms with van der Waals surface area (Å²) in [6.45, 7) is 3.92. The second-order valence-electron chi connectivity index (χ2n) is 7.63. The Morgan fingerprint density at radius 1 is 1.07 bits per heavy atom. The number of hydrogen-bond donors (Lipinski definition) is 1. The minimum Gasteiger partial charge on any atom is -0.493 e. The molecule has 0 saturated carbocycles. The van der Waals surface area contributed by atoms with Crippen LogP contribution in [0.5, 0.6) is 5.75 Å². The van der Waals surface area contributed by atoms with Gasteiger partial charge < -0.3 is 15.0 Å². The molecule has 1 saturated heterocycles. The lowest BCUT2D eigenvalue weighted by atomic mass is 10.0. The average Bonchev–Trinajstić information content (AvgIpc) is 2.77. The Balaban J connectivity index is 1.32. The molecule has 0 spiro atoms. The third-order valence-corrected chi connectivity index (χ3v) is 5.31. The third-order valence-electron chi connectivity index (χ3n) is 5.31. The number of benzene rings is 2. The van der Waals surface area contributed by atoms with Crippen molar-refractivity contribution in [3.63, 3.8) is 0 Å². The summed E-state index contributed by atoms with van der Waals surface area (Å²) in [5, 5.41) is 3.04. The average molecular weight is 407 g/mol. The number of para-hydroxylation sites is 1. The standard InChI is InChI=1S/C25H30N2O3/c1-20-8-5-6-11-23(20)30-19-7-12-25(29)27-17-15-22(16-18-27)26-24(28)14-13-21-9-3-2-4-10-21/h2-6,8-11,13-14,22H,7,12,15-19H2,1H3,(H,26,28)/b14-13+. The largest absolute Gasteiger partial charge is 0.493 e. The first-order chi connectivity index (χ1) is 14.6. The predicted octanol–water partition coefficient (Wildman–Crippen LogP) is 3.97. The van der Waals surface area contributed by atoms with Crippen molar-refractivity contribution < 1.29 is 14.3 Å². The van der Waals surface area contributed by atoms with Gasteiger partial charge in [-0.2, -0.15) is 0 Å². The van der Waals surface area contributed by atoms with Crippen LogP contribution < -0.4 is 10.1 Å². The first-order valence-electron chi connectivity index (χ1n) is 10.6. The lowest BCUT2D eigenvalue weighted by Gasteiger charge is -2.32. The zero-order valence-corrected chi connectivity index (χ0v) is 17.5. The Kier molecular flexibility index (Phi) is 8.07. The third kappa shape index (κ3) is 6.76. The number of amides is 2. The van der Waals surface area contributed by atoms with Crippen molar-refractivity contribution in [1.29, 1.82) is 0 Å². The van der Waals surface area contributed by atoms with E-state index in [-0.39, 0.29) is 17.9 Å². The van der Waals surface area contributed by atoms with Gasteiger partial charge in [-0.15, -0.1) is 0 Å². The molecule has 1 aliphatic heterocycles. The van der Waals surface area contributed by atoms with Gasteiger partial charge in [-0.05, 0) is 49.5 Å². The Hall–Kier alpha value is -3.08. The van der Waals surface area contributed by atoms with E-state index in [1.807, 2.05) is 72.5 Å². The highest BCUT2D eigenvalue weighted by Gasteiger charge is 2.23. The van der Waals surface area contributed by atoms with Crippen LogP contribution in [0.2, 0.25) is 0 Å². The molecule has 0 radical (unpaired) electrons. The van der Waals surface area contributed by atoms with Crippen LogP contribution in [-0.4, -0.2) is 42.5 Å². The molecule has 2 aromatic rings. The fourth-order valence-electron chi connectivity index (χ4n) is 3.54. The molecule has 1 fully saturated rings. The summed E-state index contributed by atoms with van der Waals surface area (Å²) in [6.07, 6.45) is 6.15. The summed E-state index contributed by atoms with van der Waals surface area (Å²) in [7, 11) is 0. The Bertz CT molecular complexity index is 856. The van der Waals surface area contributed by atoms with Gasteiger partial charge in [0.2, 0.25) is 11.8 Å². The van der Waals surface area contributed by atoms with Crippen LogP contribution in [0.25, 0.3) is 6.08 Å². The fraction of sp³-hybridized carbons (Fsp3) is 0.360. The zero-order chi connectivity index (χ0) is 21.2. The van der Waals surface area contributed by atoms with E-state index < -0.39 is 0 Å². The lowest BCUT2D eigenvalue weighted by Crippen LogP contribution is -2.46. The molecule has 1 heterocycles. The summed E-state index contributed by atoms with van der Waals surface area (Å²) in [5.74, 6) is 0.955. The quantitative estimate of drug-likeness (QED) is 0.533. The molecule has 30 heavy (non-hydrogen) atoms. The van der Waals surface area contributed by atoms with Crippen LogP contribution in [0.4, 0.5) is 0 Å². The van der Waals surface area contributed by atoms with Gasteiger partial charge in [0.15, 0.2) is 0 Å². The second-order valence-corrected chi connectivity index (χ2v) is 7.63. The Morgan fingerprint density at radius 2 is 1.77 bits per heavy atom. The van der Waals surface area contributed by atoms with Crippen LogP contribution >= 0.6 is 0 Å². The molecule has 158 valence electrons. The number of carbonyl (C=O) groups is 2. The number of hydrogen-bond acceptors (Lipinski definition) is 3. The first-order valence-corrected chi connectivity index (χ1v) is 10.6. The highest BCUT2D eigenvalue weighted by molar-refractivity contribution is 5.91. The van der Waals surface area contributed by atoms with Gasteiger partial charge >= 0.3 is 0 Å². The SMILES string of the molecule is Cc1ccccc1OCCCC(=O)N1CCC(NC(=O)/C=C/c2ccccc2)CC1. The molecule has 0 bridgehead atoms. The normalized spacial score (nSPS) is 14.6. The molecule has 0 aromatic heterocycles. The van der Waals surface area contributed by atoms with Crippen molar-refractivity contribution in [2.24, 2.45) is 0 Å². The zero-order valence-electron chi connectivity index (χ0n) is 17.5. The van der Waals surface area contributed by atoms with E-state index in [0.717, 1.165) is 29.7 Å². The van der Waals surface area contributed by atoms with Crippen molar-refractivity contribution in [1.82, 2.24) is 10.2 Å². The number of nitrogens with zero attached hydrogens (tertiary/aromatic N) is 1. The topological polar surface area (TPSA) is 58.6 Å². The monoisotopic (exact) mass is 406 g/mol. The minimum absolute atomic E-state index is 0.0861. The summed E-state index contributed by atoms with van der Waals surface area (Å²) in [6, 6.07) is 17.8. The van der Waals surface area contributed by atoms with Crippen LogP contribution in [0.1, 0.15) is 36.8 Å². The van der Waals surface area contributed by atoms with Crippen LogP contribution in [0.15, 0.2) is 60.7 Å². The van der Waals surface area contributed by atoms with Crippen LogP contribution in [0, 0.1) is 6.92 Å². The maximum absolute atomic E-state index is 12.4. The fourth-order valence-corrected chi connectivity index (χ4v) is 3.54. The number of aryl methyl sites for hydroxylation is 1. The highest BCUT2D eigenvalue weighted by Crippen LogP contribution is 2.17. The predicted molar refractivity (Wildman–Crippen MR) is 119 cm³/mol. The van der Waals surface area contributed by atoms with Crippen LogP contribution in [-0.2, 0) is 9.59 Å². The molecule has 3 rings (SSSR count). The smallest absolute Gasteiger partial charge is 0.244 e. The number of ether oxygens (including phenoxy) is 1. The van der Waals surface area contributed by atoms with Crippen molar-refractivity contribution in [2.45, 2.75) is 38.6 Å². The van der Waals surface area contributed by atoms with E-state index in [0.29, 0.717) is 32.5 Å². The van der Waals surface area contributed by atoms with Gasteiger partial charge in [0.1, 0.15) is 5.75 Å². The summed E-state index contributed by atoms with van der Waals surface area (Å²) in [4.78, 5) is 26.5. The van der Waals surface area contributed by atoms with E-state index in [1.54, 1.807) is 6.08 Å². The van der Waals surface area contributed by atoms with Crippen molar-refractivity contribution in [3.05, 3.63) is 71.8 Å². The molecule has 5 nitrogen and oxygen atoms in total. The van der Waals surface area contributed by atoms with E-state index >= 15 is 0 Å². The number of carbonyl (C=O) groups excluding carboxylic acids is 2.